The van der Waals surface area contributed by atoms with Gasteiger partial charge in [-0.05, 0) is 58.7 Å². The molecule has 0 bridgehead atoms. The van der Waals surface area contributed by atoms with Crippen molar-refractivity contribution in [3.8, 4) is 22.9 Å². The highest BCUT2D eigenvalue weighted by molar-refractivity contribution is 9.10. The molecule has 1 heterocycles. The number of hydrogen-bond donors (Lipinski definition) is 1. The molecule has 4 nitrogen and oxygen atoms in total. The van der Waals surface area contributed by atoms with Gasteiger partial charge in [0.2, 0.25) is 0 Å². The summed E-state index contributed by atoms with van der Waals surface area (Å²) < 4.78 is 25.9. The zero-order valence-electron chi connectivity index (χ0n) is 15.4. The van der Waals surface area contributed by atoms with Crippen molar-refractivity contribution < 1.29 is 13.9 Å². The standard InChI is InChI=1S/C22H18BrFN2O2/c1-13-7-8-18-19(9-13)26-22(25-18)15-10-16(23)21(20(11-15)27-2)28-12-14-5-3-4-6-17(14)24/h3-11H,12H2,1-2H3,(H,25,26). The Kier molecular flexibility index (Phi) is 5.05. The molecule has 1 N–H and O–H groups in total. The van der Waals surface area contributed by atoms with Gasteiger partial charge in [-0.15, -0.1) is 0 Å². The van der Waals surface area contributed by atoms with Gasteiger partial charge < -0.3 is 14.5 Å². The van der Waals surface area contributed by atoms with Crippen molar-refractivity contribution in [1.29, 1.82) is 0 Å². The van der Waals surface area contributed by atoms with Gasteiger partial charge in [-0.2, -0.15) is 0 Å². The molecule has 4 rings (SSSR count). The number of H-pyrrole nitrogens is 1. The molecule has 0 spiro atoms. The molecular weight excluding hydrogens is 423 g/mol. The lowest BCUT2D eigenvalue weighted by Crippen LogP contribution is -2.01. The Balaban J connectivity index is 1.67. The number of fused-ring (bicyclic) bond motifs is 1. The van der Waals surface area contributed by atoms with Crippen LogP contribution >= 0.6 is 15.9 Å². The summed E-state index contributed by atoms with van der Waals surface area (Å²) in [5.74, 6) is 1.49. The molecule has 0 amide bonds. The molecule has 0 aliphatic carbocycles. The number of halogens is 2. The van der Waals surface area contributed by atoms with Crippen LogP contribution in [0.15, 0.2) is 59.1 Å². The summed E-state index contributed by atoms with van der Waals surface area (Å²) in [5, 5.41) is 0. The smallest absolute Gasteiger partial charge is 0.175 e. The summed E-state index contributed by atoms with van der Waals surface area (Å²) in [6.45, 7) is 2.15. The maximum atomic E-state index is 13.9. The molecule has 0 radical (unpaired) electrons. The second-order valence-corrected chi connectivity index (χ2v) is 7.33. The summed E-state index contributed by atoms with van der Waals surface area (Å²) in [5.41, 5.74) is 4.38. The normalized spacial score (nSPS) is 11.0. The Labute approximate surface area is 170 Å². The minimum atomic E-state index is -0.299. The number of benzene rings is 3. The van der Waals surface area contributed by atoms with Crippen LogP contribution in [0.2, 0.25) is 0 Å². The number of rotatable bonds is 5. The average Bonchev–Trinajstić information content (AvgIpc) is 3.11. The molecule has 142 valence electrons. The third-order valence-electron chi connectivity index (χ3n) is 4.47. The fourth-order valence-corrected chi connectivity index (χ4v) is 3.58. The summed E-state index contributed by atoms with van der Waals surface area (Å²) in [6, 6.07) is 16.4. The maximum absolute atomic E-state index is 13.9. The van der Waals surface area contributed by atoms with Crippen molar-refractivity contribution in [3.63, 3.8) is 0 Å². The molecule has 0 fully saturated rings. The number of methoxy groups -OCH3 is 1. The van der Waals surface area contributed by atoms with E-state index in [1.54, 1.807) is 25.3 Å². The van der Waals surface area contributed by atoms with Gasteiger partial charge in [0, 0.05) is 11.1 Å². The van der Waals surface area contributed by atoms with E-state index in [9.17, 15) is 4.39 Å². The van der Waals surface area contributed by atoms with Crippen molar-refractivity contribution in [2.75, 3.05) is 7.11 Å². The lowest BCUT2D eigenvalue weighted by molar-refractivity contribution is 0.278. The van der Waals surface area contributed by atoms with Crippen molar-refractivity contribution in [3.05, 3.63) is 76.0 Å². The van der Waals surface area contributed by atoms with Crippen molar-refractivity contribution >= 4 is 27.0 Å². The zero-order chi connectivity index (χ0) is 19.7. The Hall–Kier alpha value is -2.86. The molecule has 28 heavy (non-hydrogen) atoms. The number of aryl methyl sites for hydroxylation is 1. The van der Waals surface area contributed by atoms with Crippen LogP contribution in [-0.4, -0.2) is 17.1 Å². The van der Waals surface area contributed by atoms with E-state index < -0.39 is 0 Å². The van der Waals surface area contributed by atoms with E-state index >= 15 is 0 Å². The van der Waals surface area contributed by atoms with Gasteiger partial charge >= 0.3 is 0 Å². The second kappa shape index (κ2) is 7.64. The summed E-state index contributed by atoms with van der Waals surface area (Å²) in [4.78, 5) is 7.99. The van der Waals surface area contributed by atoms with Gasteiger partial charge in [0.25, 0.3) is 0 Å². The summed E-state index contributed by atoms with van der Waals surface area (Å²) >= 11 is 3.54. The molecule has 0 aliphatic rings. The molecule has 0 atom stereocenters. The van der Waals surface area contributed by atoms with Crippen LogP contribution in [0.3, 0.4) is 0 Å². The van der Waals surface area contributed by atoms with E-state index in [0.717, 1.165) is 22.4 Å². The Bertz CT molecular complexity index is 1160. The van der Waals surface area contributed by atoms with Crippen LogP contribution in [0.25, 0.3) is 22.4 Å². The number of hydrogen-bond acceptors (Lipinski definition) is 3. The van der Waals surface area contributed by atoms with Gasteiger partial charge in [-0.25, -0.2) is 9.37 Å². The predicted octanol–water partition coefficient (Wildman–Crippen LogP) is 6.03. The highest BCUT2D eigenvalue weighted by atomic mass is 79.9. The molecule has 0 aliphatic heterocycles. The van der Waals surface area contributed by atoms with E-state index in [2.05, 4.69) is 32.0 Å². The Morgan fingerprint density at radius 1 is 1.11 bits per heavy atom. The summed E-state index contributed by atoms with van der Waals surface area (Å²) in [7, 11) is 1.57. The highest BCUT2D eigenvalue weighted by Crippen LogP contribution is 2.40. The van der Waals surface area contributed by atoms with E-state index in [1.807, 2.05) is 31.2 Å². The first-order valence-corrected chi connectivity index (χ1v) is 9.55. The zero-order valence-corrected chi connectivity index (χ0v) is 17.0. The number of aromatic nitrogens is 2. The SMILES string of the molecule is COc1cc(-c2nc3ccc(C)cc3[nH]2)cc(Br)c1OCc1ccccc1F. The van der Waals surface area contributed by atoms with Crippen LogP contribution in [0.5, 0.6) is 11.5 Å². The Morgan fingerprint density at radius 2 is 1.93 bits per heavy atom. The van der Waals surface area contributed by atoms with E-state index in [1.165, 1.54) is 11.6 Å². The topological polar surface area (TPSA) is 47.1 Å². The van der Waals surface area contributed by atoms with Crippen molar-refractivity contribution in [2.45, 2.75) is 13.5 Å². The second-order valence-electron chi connectivity index (χ2n) is 6.48. The molecule has 1 aromatic heterocycles. The number of nitrogens with one attached hydrogen (secondary N) is 1. The van der Waals surface area contributed by atoms with Crippen LogP contribution in [0, 0.1) is 12.7 Å². The predicted molar refractivity (Wildman–Crippen MR) is 111 cm³/mol. The molecule has 6 heteroatoms. The number of aromatic amines is 1. The fraction of sp³-hybridized carbons (Fsp3) is 0.136. The Morgan fingerprint density at radius 3 is 2.71 bits per heavy atom. The number of imidazole rings is 1. The van der Waals surface area contributed by atoms with Crippen molar-refractivity contribution in [2.24, 2.45) is 0 Å². The first kappa shape index (κ1) is 18.5. The average molecular weight is 441 g/mol. The molecule has 4 aromatic rings. The largest absolute Gasteiger partial charge is 0.493 e. The minimum Gasteiger partial charge on any atom is -0.493 e. The van der Waals surface area contributed by atoms with Gasteiger partial charge in [-0.3, -0.25) is 0 Å². The number of ether oxygens (including phenoxy) is 2. The monoisotopic (exact) mass is 440 g/mol. The van der Waals surface area contributed by atoms with E-state index in [-0.39, 0.29) is 12.4 Å². The first-order chi connectivity index (χ1) is 13.5. The first-order valence-electron chi connectivity index (χ1n) is 8.75. The van der Waals surface area contributed by atoms with Gasteiger partial charge in [0.1, 0.15) is 18.2 Å². The molecular formula is C22H18BrFN2O2. The maximum Gasteiger partial charge on any atom is 0.175 e. The lowest BCUT2D eigenvalue weighted by Gasteiger charge is -2.14. The third-order valence-corrected chi connectivity index (χ3v) is 5.06. The minimum absolute atomic E-state index is 0.102. The van der Waals surface area contributed by atoms with Crippen LogP contribution in [0.4, 0.5) is 4.39 Å². The van der Waals surface area contributed by atoms with Crippen molar-refractivity contribution in [1.82, 2.24) is 9.97 Å². The summed E-state index contributed by atoms with van der Waals surface area (Å²) in [6.07, 6.45) is 0. The van der Waals surface area contributed by atoms with E-state index in [4.69, 9.17) is 9.47 Å². The van der Waals surface area contributed by atoms with Gasteiger partial charge in [0.15, 0.2) is 11.5 Å². The molecule has 0 unspecified atom stereocenters. The third kappa shape index (κ3) is 3.60. The highest BCUT2D eigenvalue weighted by Gasteiger charge is 2.15. The fourth-order valence-electron chi connectivity index (χ4n) is 3.02. The number of nitrogens with zero attached hydrogens (tertiary/aromatic N) is 1. The van der Waals surface area contributed by atoms with Gasteiger partial charge in [-0.1, -0.05) is 24.3 Å². The molecule has 0 saturated carbocycles. The lowest BCUT2D eigenvalue weighted by atomic mass is 10.2. The van der Waals surface area contributed by atoms with E-state index in [0.29, 0.717) is 21.5 Å². The molecule has 3 aromatic carbocycles. The quantitative estimate of drug-likeness (QED) is 0.412. The van der Waals surface area contributed by atoms with Gasteiger partial charge in [0.05, 0.1) is 22.6 Å². The van der Waals surface area contributed by atoms with Crippen LogP contribution < -0.4 is 9.47 Å². The molecule has 0 saturated heterocycles. The van der Waals surface area contributed by atoms with Crippen LogP contribution in [0.1, 0.15) is 11.1 Å². The van der Waals surface area contributed by atoms with Crippen LogP contribution in [-0.2, 0) is 6.61 Å².